The average Bonchev–Trinajstić information content (AvgIpc) is 2.21. The molecule has 0 radical (unpaired) electrons. The highest BCUT2D eigenvalue weighted by Gasteiger charge is 2.17. The molecule has 0 saturated carbocycles. The molecular weight excluding hydrogens is 218 g/mol. The largest absolute Gasteiger partial charge is 0.465 e. The van der Waals surface area contributed by atoms with Crippen molar-refractivity contribution in [1.29, 1.82) is 0 Å². The molecule has 0 heterocycles. The standard InChI is InChI=1S/C11H10F2O3/c1-6(14)3-7-4-9(12)10(13)5-8(7)11(15)16-2/h4-5H,3H2,1-2H3. The van der Waals surface area contributed by atoms with Crippen LogP contribution >= 0.6 is 0 Å². The van der Waals surface area contributed by atoms with Gasteiger partial charge in [-0.1, -0.05) is 0 Å². The van der Waals surface area contributed by atoms with Crippen molar-refractivity contribution in [3.05, 3.63) is 34.9 Å². The Morgan fingerprint density at radius 2 is 1.81 bits per heavy atom. The molecule has 0 aliphatic rings. The molecule has 0 aromatic heterocycles. The van der Waals surface area contributed by atoms with Gasteiger partial charge in [0.05, 0.1) is 12.7 Å². The molecule has 1 rings (SSSR count). The third kappa shape index (κ3) is 2.62. The Labute approximate surface area is 91.0 Å². The van der Waals surface area contributed by atoms with Gasteiger partial charge in [0.25, 0.3) is 0 Å². The SMILES string of the molecule is COC(=O)c1cc(F)c(F)cc1CC(C)=O. The zero-order valence-electron chi connectivity index (χ0n) is 8.84. The maximum absolute atomic E-state index is 12.9. The molecule has 0 spiro atoms. The third-order valence-electron chi connectivity index (χ3n) is 1.99. The number of esters is 1. The molecule has 0 aliphatic heterocycles. The van der Waals surface area contributed by atoms with Gasteiger partial charge in [-0.25, -0.2) is 13.6 Å². The van der Waals surface area contributed by atoms with Gasteiger partial charge in [-0.15, -0.1) is 0 Å². The van der Waals surface area contributed by atoms with E-state index in [1.54, 1.807) is 0 Å². The zero-order chi connectivity index (χ0) is 12.3. The minimum atomic E-state index is -1.15. The number of rotatable bonds is 3. The highest BCUT2D eigenvalue weighted by molar-refractivity contribution is 5.93. The van der Waals surface area contributed by atoms with Crippen LogP contribution in [0, 0.1) is 11.6 Å². The monoisotopic (exact) mass is 228 g/mol. The van der Waals surface area contributed by atoms with Crippen molar-refractivity contribution in [3.8, 4) is 0 Å². The smallest absolute Gasteiger partial charge is 0.338 e. The van der Waals surface area contributed by atoms with Crippen molar-refractivity contribution in [2.45, 2.75) is 13.3 Å². The van der Waals surface area contributed by atoms with E-state index in [0.717, 1.165) is 19.2 Å². The molecule has 0 bridgehead atoms. The zero-order valence-corrected chi connectivity index (χ0v) is 8.84. The van der Waals surface area contributed by atoms with Crippen LogP contribution in [0.15, 0.2) is 12.1 Å². The van der Waals surface area contributed by atoms with Crippen molar-refractivity contribution >= 4 is 11.8 Å². The van der Waals surface area contributed by atoms with Crippen LogP contribution in [-0.4, -0.2) is 18.9 Å². The highest BCUT2D eigenvalue weighted by atomic mass is 19.2. The Morgan fingerprint density at radius 1 is 1.25 bits per heavy atom. The van der Waals surface area contributed by atoms with Gasteiger partial charge in [0.2, 0.25) is 0 Å². The molecule has 3 nitrogen and oxygen atoms in total. The number of carbonyl (C=O) groups excluding carboxylic acids is 2. The lowest BCUT2D eigenvalue weighted by atomic mass is 10.0. The fraction of sp³-hybridized carbons (Fsp3) is 0.273. The minimum absolute atomic E-state index is 0.123. The summed E-state index contributed by atoms with van der Waals surface area (Å²) in [6.45, 7) is 1.29. The summed E-state index contributed by atoms with van der Waals surface area (Å²) in [5.74, 6) is -3.29. The molecule has 16 heavy (non-hydrogen) atoms. The van der Waals surface area contributed by atoms with Gasteiger partial charge in [-0.2, -0.15) is 0 Å². The fourth-order valence-corrected chi connectivity index (χ4v) is 1.30. The lowest BCUT2D eigenvalue weighted by Crippen LogP contribution is -2.10. The average molecular weight is 228 g/mol. The van der Waals surface area contributed by atoms with Gasteiger partial charge >= 0.3 is 5.97 Å². The molecule has 5 heteroatoms. The first kappa shape index (κ1) is 12.3. The van der Waals surface area contributed by atoms with Crippen LogP contribution in [0.4, 0.5) is 8.78 Å². The third-order valence-corrected chi connectivity index (χ3v) is 1.99. The first-order chi connectivity index (χ1) is 7.45. The number of benzene rings is 1. The van der Waals surface area contributed by atoms with Crippen molar-refractivity contribution in [2.75, 3.05) is 7.11 Å². The van der Waals surface area contributed by atoms with E-state index in [-0.39, 0.29) is 23.3 Å². The Hall–Kier alpha value is -1.78. The topological polar surface area (TPSA) is 43.4 Å². The van der Waals surface area contributed by atoms with Crippen molar-refractivity contribution in [2.24, 2.45) is 0 Å². The van der Waals surface area contributed by atoms with Gasteiger partial charge in [0.15, 0.2) is 11.6 Å². The van der Waals surface area contributed by atoms with Gasteiger partial charge in [-0.05, 0) is 24.6 Å². The summed E-state index contributed by atoms with van der Waals surface area (Å²) in [5.41, 5.74) is -0.00477. The number of methoxy groups -OCH3 is 1. The summed E-state index contributed by atoms with van der Waals surface area (Å²) >= 11 is 0. The quantitative estimate of drug-likeness (QED) is 0.742. The van der Waals surface area contributed by atoms with Crippen molar-refractivity contribution in [1.82, 2.24) is 0 Å². The van der Waals surface area contributed by atoms with Crippen molar-refractivity contribution < 1.29 is 23.1 Å². The van der Waals surface area contributed by atoms with E-state index in [1.807, 2.05) is 0 Å². The number of ether oxygens (including phenoxy) is 1. The second-order valence-corrected chi connectivity index (χ2v) is 3.29. The molecule has 0 amide bonds. The first-order valence-electron chi connectivity index (χ1n) is 4.51. The molecular formula is C11H10F2O3. The van der Waals surface area contributed by atoms with Gasteiger partial charge in [-0.3, -0.25) is 4.79 Å². The van der Waals surface area contributed by atoms with E-state index in [4.69, 9.17) is 0 Å². The molecule has 0 aliphatic carbocycles. The maximum atomic E-state index is 12.9. The summed E-state index contributed by atoms with van der Waals surface area (Å²) in [4.78, 5) is 22.2. The van der Waals surface area contributed by atoms with Crippen LogP contribution in [0.1, 0.15) is 22.8 Å². The van der Waals surface area contributed by atoms with Crippen molar-refractivity contribution in [3.63, 3.8) is 0 Å². The summed E-state index contributed by atoms with van der Waals surface area (Å²) in [6.07, 6.45) is -0.137. The Morgan fingerprint density at radius 3 is 2.31 bits per heavy atom. The van der Waals surface area contributed by atoms with E-state index < -0.39 is 17.6 Å². The van der Waals surface area contributed by atoms with Gasteiger partial charge < -0.3 is 4.74 Å². The summed E-state index contributed by atoms with van der Waals surface area (Å²) in [5, 5.41) is 0. The number of hydrogen-bond donors (Lipinski definition) is 0. The van der Waals surface area contributed by atoms with E-state index in [0.29, 0.717) is 0 Å². The van der Waals surface area contributed by atoms with Gasteiger partial charge in [0.1, 0.15) is 5.78 Å². The molecule has 0 N–H and O–H groups in total. The maximum Gasteiger partial charge on any atom is 0.338 e. The van der Waals surface area contributed by atoms with E-state index in [9.17, 15) is 18.4 Å². The molecule has 0 saturated heterocycles. The molecule has 0 unspecified atom stereocenters. The van der Waals surface area contributed by atoms with Gasteiger partial charge in [0, 0.05) is 6.42 Å². The summed E-state index contributed by atoms with van der Waals surface area (Å²) in [6, 6.07) is 1.57. The number of ketones is 1. The van der Waals surface area contributed by atoms with Crippen LogP contribution in [0.2, 0.25) is 0 Å². The normalized spacial score (nSPS) is 10.0. The van der Waals surface area contributed by atoms with E-state index >= 15 is 0 Å². The second-order valence-electron chi connectivity index (χ2n) is 3.29. The van der Waals surface area contributed by atoms with Crippen LogP contribution in [0.5, 0.6) is 0 Å². The minimum Gasteiger partial charge on any atom is -0.465 e. The predicted molar refractivity (Wildman–Crippen MR) is 52.1 cm³/mol. The lowest BCUT2D eigenvalue weighted by Gasteiger charge is -2.07. The van der Waals surface area contributed by atoms with E-state index in [1.165, 1.54) is 6.92 Å². The van der Waals surface area contributed by atoms with Crippen LogP contribution < -0.4 is 0 Å². The predicted octanol–water partition coefficient (Wildman–Crippen LogP) is 1.88. The molecule has 86 valence electrons. The number of Topliss-reactive ketones (excluding diaryl/α,β-unsaturated/α-hetero) is 1. The Bertz CT molecular complexity index is 441. The molecule has 0 fully saturated rings. The molecule has 1 aromatic carbocycles. The van der Waals surface area contributed by atoms with Crippen LogP contribution in [-0.2, 0) is 16.0 Å². The number of carbonyl (C=O) groups is 2. The highest BCUT2D eigenvalue weighted by Crippen LogP contribution is 2.17. The fourth-order valence-electron chi connectivity index (χ4n) is 1.30. The van der Waals surface area contributed by atoms with Crippen LogP contribution in [0.3, 0.4) is 0 Å². The van der Waals surface area contributed by atoms with Crippen LogP contribution in [0.25, 0.3) is 0 Å². The van der Waals surface area contributed by atoms with E-state index in [2.05, 4.69) is 4.74 Å². The summed E-state index contributed by atoms with van der Waals surface area (Å²) in [7, 11) is 1.13. The Balaban J connectivity index is 3.27. The lowest BCUT2D eigenvalue weighted by molar-refractivity contribution is -0.116. The first-order valence-corrected chi connectivity index (χ1v) is 4.51. The molecule has 0 atom stereocenters. The molecule has 1 aromatic rings. The number of halogens is 2. The summed E-state index contributed by atoms with van der Waals surface area (Å²) < 4.78 is 30.3. The second kappa shape index (κ2) is 4.83. The Kier molecular flexibility index (Phi) is 3.71. The number of hydrogen-bond acceptors (Lipinski definition) is 3.